The lowest BCUT2D eigenvalue weighted by atomic mass is 10.2. The SMILES string of the molecule is Cc1cc(COC2CCCC2)oc1CNC(C)C. The van der Waals surface area contributed by atoms with Crippen LogP contribution in [0.1, 0.15) is 56.6 Å². The molecule has 2 rings (SSSR count). The molecular weight excluding hydrogens is 226 g/mol. The zero-order valence-corrected chi connectivity index (χ0v) is 11.8. The van der Waals surface area contributed by atoms with Crippen molar-refractivity contribution in [3.63, 3.8) is 0 Å². The lowest BCUT2D eigenvalue weighted by Gasteiger charge is -2.09. The highest BCUT2D eigenvalue weighted by Crippen LogP contribution is 2.23. The van der Waals surface area contributed by atoms with Crippen molar-refractivity contribution >= 4 is 0 Å². The van der Waals surface area contributed by atoms with Gasteiger partial charge in [0, 0.05) is 6.04 Å². The van der Waals surface area contributed by atoms with E-state index in [1.165, 1.54) is 31.2 Å². The molecule has 0 spiro atoms. The molecule has 0 aromatic carbocycles. The van der Waals surface area contributed by atoms with Crippen molar-refractivity contribution < 1.29 is 9.15 Å². The van der Waals surface area contributed by atoms with Crippen LogP contribution < -0.4 is 5.32 Å². The molecule has 1 heterocycles. The van der Waals surface area contributed by atoms with E-state index in [-0.39, 0.29) is 0 Å². The molecule has 1 aliphatic rings. The molecule has 1 aromatic heterocycles. The van der Waals surface area contributed by atoms with Gasteiger partial charge in [0.25, 0.3) is 0 Å². The molecule has 0 radical (unpaired) electrons. The van der Waals surface area contributed by atoms with Gasteiger partial charge in [-0.3, -0.25) is 0 Å². The topological polar surface area (TPSA) is 34.4 Å². The first kappa shape index (κ1) is 13.6. The van der Waals surface area contributed by atoms with Crippen LogP contribution in [0, 0.1) is 6.92 Å². The molecule has 0 amide bonds. The number of aryl methyl sites for hydroxylation is 1. The summed E-state index contributed by atoms with van der Waals surface area (Å²) in [6, 6.07) is 2.58. The summed E-state index contributed by atoms with van der Waals surface area (Å²) >= 11 is 0. The van der Waals surface area contributed by atoms with Crippen LogP contribution in [0.15, 0.2) is 10.5 Å². The van der Waals surface area contributed by atoms with Crippen LogP contribution in [0.5, 0.6) is 0 Å². The van der Waals surface area contributed by atoms with Crippen molar-refractivity contribution in [2.75, 3.05) is 0 Å². The maximum absolute atomic E-state index is 5.87. The highest BCUT2D eigenvalue weighted by Gasteiger charge is 2.16. The summed E-state index contributed by atoms with van der Waals surface area (Å²) in [5, 5.41) is 3.38. The Kier molecular flexibility index (Phi) is 4.84. The maximum Gasteiger partial charge on any atom is 0.130 e. The smallest absolute Gasteiger partial charge is 0.130 e. The zero-order valence-electron chi connectivity index (χ0n) is 11.8. The van der Waals surface area contributed by atoms with Crippen LogP contribution in [0.2, 0.25) is 0 Å². The average Bonchev–Trinajstić information content (AvgIpc) is 2.93. The second-order valence-electron chi connectivity index (χ2n) is 5.57. The van der Waals surface area contributed by atoms with Gasteiger partial charge < -0.3 is 14.5 Å². The van der Waals surface area contributed by atoms with Crippen molar-refractivity contribution in [1.29, 1.82) is 0 Å². The molecule has 1 aliphatic carbocycles. The van der Waals surface area contributed by atoms with Crippen LogP contribution in [0.4, 0.5) is 0 Å². The summed E-state index contributed by atoms with van der Waals surface area (Å²) in [5.74, 6) is 1.99. The third kappa shape index (κ3) is 3.85. The Balaban J connectivity index is 1.83. The van der Waals surface area contributed by atoms with Gasteiger partial charge in [0.05, 0.1) is 12.6 Å². The first-order valence-electron chi connectivity index (χ1n) is 7.08. The third-order valence-corrected chi connectivity index (χ3v) is 3.51. The molecule has 1 aromatic rings. The molecule has 0 bridgehead atoms. The summed E-state index contributed by atoms with van der Waals surface area (Å²) in [4.78, 5) is 0. The predicted octanol–water partition coefficient (Wildman–Crippen LogP) is 3.55. The van der Waals surface area contributed by atoms with Gasteiger partial charge in [-0.05, 0) is 31.4 Å². The van der Waals surface area contributed by atoms with Gasteiger partial charge in [0.2, 0.25) is 0 Å². The standard InChI is InChI=1S/C15H25NO2/c1-11(2)16-9-15-12(3)8-14(18-15)10-17-13-6-4-5-7-13/h8,11,13,16H,4-7,9-10H2,1-3H3. The quantitative estimate of drug-likeness (QED) is 0.839. The van der Waals surface area contributed by atoms with Crippen LogP contribution in [-0.4, -0.2) is 12.1 Å². The van der Waals surface area contributed by atoms with E-state index in [2.05, 4.69) is 32.2 Å². The second kappa shape index (κ2) is 6.39. The molecule has 3 nitrogen and oxygen atoms in total. The van der Waals surface area contributed by atoms with Crippen molar-refractivity contribution in [3.05, 3.63) is 23.2 Å². The molecule has 0 atom stereocenters. The van der Waals surface area contributed by atoms with Gasteiger partial charge >= 0.3 is 0 Å². The molecule has 1 saturated carbocycles. The van der Waals surface area contributed by atoms with E-state index in [9.17, 15) is 0 Å². The fraction of sp³-hybridized carbons (Fsp3) is 0.733. The fourth-order valence-corrected chi connectivity index (χ4v) is 2.39. The first-order chi connectivity index (χ1) is 8.65. The summed E-state index contributed by atoms with van der Waals surface area (Å²) in [7, 11) is 0. The number of rotatable bonds is 6. The van der Waals surface area contributed by atoms with E-state index in [0.29, 0.717) is 18.8 Å². The minimum absolute atomic E-state index is 0.452. The van der Waals surface area contributed by atoms with E-state index in [4.69, 9.17) is 9.15 Å². The summed E-state index contributed by atoms with van der Waals surface area (Å²) in [5.41, 5.74) is 1.22. The van der Waals surface area contributed by atoms with Gasteiger partial charge in [0.15, 0.2) is 0 Å². The number of ether oxygens (including phenoxy) is 1. The van der Waals surface area contributed by atoms with Gasteiger partial charge in [0.1, 0.15) is 18.1 Å². The van der Waals surface area contributed by atoms with E-state index in [1.807, 2.05) is 0 Å². The van der Waals surface area contributed by atoms with Gasteiger partial charge in [-0.25, -0.2) is 0 Å². The molecule has 0 unspecified atom stereocenters. The van der Waals surface area contributed by atoms with E-state index >= 15 is 0 Å². The molecule has 0 aliphatic heterocycles. The molecule has 1 fully saturated rings. The highest BCUT2D eigenvalue weighted by molar-refractivity contribution is 5.19. The monoisotopic (exact) mass is 251 g/mol. The van der Waals surface area contributed by atoms with Gasteiger partial charge in [-0.2, -0.15) is 0 Å². The molecule has 102 valence electrons. The third-order valence-electron chi connectivity index (χ3n) is 3.51. The van der Waals surface area contributed by atoms with Crippen LogP contribution in [0.25, 0.3) is 0 Å². The summed E-state index contributed by atoms with van der Waals surface area (Å²) in [6.07, 6.45) is 5.49. The van der Waals surface area contributed by atoms with Crippen molar-refractivity contribution in [2.24, 2.45) is 0 Å². The van der Waals surface area contributed by atoms with E-state index < -0.39 is 0 Å². The second-order valence-corrected chi connectivity index (χ2v) is 5.57. The van der Waals surface area contributed by atoms with Crippen molar-refractivity contribution in [2.45, 2.75) is 71.8 Å². The number of furan rings is 1. The largest absolute Gasteiger partial charge is 0.462 e. The van der Waals surface area contributed by atoms with Gasteiger partial charge in [-0.1, -0.05) is 26.7 Å². The number of nitrogens with one attached hydrogen (secondary N) is 1. The molecule has 1 N–H and O–H groups in total. The minimum atomic E-state index is 0.452. The minimum Gasteiger partial charge on any atom is -0.462 e. The lowest BCUT2D eigenvalue weighted by Crippen LogP contribution is -2.21. The van der Waals surface area contributed by atoms with Crippen LogP contribution in [0.3, 0.4) is 0 Å². The number of hydrogen-bond donors (Lipinski definition) is 1. The maximum atomic E-state index is 5.87. The lowest BCUT2D eigenvalue weighted by molar-refractivity contribution is 0.0352. The fourth-order valence-electron chi connectivity index (χ4n) is 2.39. The first-order valence-corrected chi connectivity index (χ1v) is 7.08. The Bertz CT molecular complexity index is 365. The van der Waals surface area contributed by atoms with Crippen molar-refractivity contribution in [3.8, 4) is 0 Å². The van der Waals surface area contributed by atoms with Crippen LogP contribution in [-0.2, 0) is 17.9 Å². The van der Waals surface area contributed by atoms with Crippen LogP contribution >= 0.6 is 0 Å². The van der Waals surface area contributed by atoms with Gasteiger partial charge in [-0.15, -0.1) is 0 Å². The number of hydrogen-bond acceptors (Lipinski definition) is 3. The molecular formula is C15H25NO2. The molecule has 3 heteroatoms. The average molecular weight is 251 g/mol. The van der Waals surface area contributed by atoms with E-state index in [1.54, 1.807) is 0 Å². The predicted molar refractivity (Wildman–Crippen MR) is 72.5 cm³/mol. The molecule has 18 heavy (non-hydrogen) atoms. The molecule has 0 saturated heterocycles. The van der Waals surface area contributed by atoms with E-state index in [0.717, 1.165) is 18.1 Å². The Labute approximate surface area is 110 Å². The summed E-state index contributed by atoms with van der Waals surface area (Å²) in [6.45, 7) is 7.80. The Hall–Kier alpha value is -0.800. The Morgan fingerprint density at radius 3 is 2.78 bits per heavy atom. The highest BCUT2D eigenvalue weighted by atomic mass is 16.5. The summed E-state index contributed by atoms with van der Waals surface area (Å²) < 4.78 is 11.7. The Morgan fingerprint density at radius 2 is 2.11 bits per heavy atom. The normalized spacial score (nSPS) is 16.9. The Morgan fingerprint density at radius 1 is 1.39 bits per heavy atom. The zero-order chi connectivity index (χ0) is 13.0. The van der Waals surface area contributed by atoms with Crippen molar-refractivity contribution in [1.82, 2.24) is 5.32 Å².